The number of benzene rings is 1. The zero-order valence-corrected chi connectivity index (χ0v) is 11.1. The number of para-hydroxylation sites is 1. The van der Waals surface area contributed by atoms with Crippen LogP contribution < -0.4 is 4.90 Å². The number of amides is 1. The van der Waals surface area contributed by atoms with Crippen molar-refractivity contribution in [2.45, 2.75) is 39.3 Å². The monoisotopic (exact) mass is 247 g/mol. The number of fused-ring (bicyclic) bond motifs is 1. The Labute approximate surface area is 107 Å². The van der Waals surface area contributed by atoms with E-state index in [4.69, 9.17) is 4.74 Å². The molecule has 0 N–H and O–H groups in total. The minimum absolute atomic E-state index is 0.126. The van der Waals surface area contributed by atoms with Gasteiger partial charge < -0.3 is 4.74 Å². The van der Waals surface area contributed by atoms with Crippen molar-refractivity contribution in [3.63, 3.8) is 0 Å². The molecule has 0 aromatic heterocycles. The largest absolute Gasteiger partial charge is 0.440 e. The van der Waals surface area contributed by atoms with Crippen molar-refractivity contribution in [3.8, 4) is 0 Å². The van der Waals surface area contributed by atoms with E-state index in [1.54, 1.807) is 4.90 Å². The molecule has 1 aromatic rings. The predicted molar refractivity (Wildman–Crippen MR) is 68.2 cm³/mol. The van der Waals surface area contributed by atoms with Gasteiger partial charge in [0.1, 0.15) is 0 Å². The number of ether oxygens (including phenoxy) is 1. The second-order valence-electron chi connectivity index (χ2n) is 5.09. The first-order chi connectivity index (χ1) is 8.35. The van der Waals surface area contributed by atoms with E-state index in [2.05, 4.69) is 0 Å². The van der Waals surface area contributed by atoms with Gasteiger partial charge in [-0.15, -0.1) is 0 Å². The van der Waals surface area contributed by atoms with Crippen molar-refractivity contribution in [2.75, 3.05) is 4.90 Å². The van der Waals surface area contributed by atoms with Gasteiger partial charge in [-0.1, -0.05) is 32.0 Å². The third kappa shape index (κ3) is 1.78. The Morgan fingerprint density at radius 2 is 1.83 bits per heavy atom. The molecule has 0 fully saturated rings. The van der Waals surface area contributed by atoms with Crippen LogP contribution in [0.3, 0.4) is 0 Å². The van der Waals surface area contributed by atoms with E-state index >= 15 is 0 Å². The van der Waals surface area contributed by atoms with E-state index in [0.717, 1.165) is 11.3 Å². The first-order valence-electron chi connectivity index (χ1n) is 5.92. The van der Waals surface area contributed by atoms with Crippen LogP contribution in [0.15, 0.2) is 24.3 Å². The van der Waals surface area contributed by atoms with E-state index in [9.17, 15) is 9.59 Å². The van der Waals surface area contributed by atoms with Gasteiger partial charge in [-0.25, -0.2) is 0 Å². The molecule has 1 aliphatic rings. The Balaban J connectivity index is 2.55. The normalized spacial score (nSPS) is 20.4. The lowest BCUT2D eigenvalue weighted by molar-refractivity contribution is -0.149. The molecule has 1 amide bonds. The third-order valence-electron chi connectivity index (χ3n) is 3.33. The fraction of sp³-hybridized carbons (Fsp3) is 0.429. The highest BCUT2D eigenvalue weighted by molar-refractivity contribution is 5.95. The van der Waals surface area contributed by atoms with E-state index in [1.807, 2.05) is 38.1 Å². The summed E-state index contributed by atoms with van der Waals surface area (Å²) >= 11 is 0. The molecule has 1 atom stereocenters. The molecule has 0 bridgehead atoms. The molecular formula is C14H17NO3. The summed E-state index contributed by atoms with van der Waals surface area (Å²) in [5, 5.41) is 0. The topological polar surface area (TPSA) is 46.6 Å². The summed E-state index contributed by atoms with van der Waals surface area (Å²) in [7, 11) is 0. The fourth-order valence-electron chi connectivity index (χ4n) is 2.50. The highest BCUT2D eigenvalue weighted by Gasteiger charge is 2.48. The van der Waals surface area contributed by atoms with Crippen LogP contribution in [0, 0.1) is 0 Å². The van der Waals surface area contributed by atoms with Crippen LogP contribution in [0.5, 0.6) is 0 Å². The smallest absolute Gasteiger partial charge is 0.304 e. The van der Waals surface area contributed by atoms with Crippen LogP contribution in [-0.2, 0) is 19.7 Å². The SMILES string of the molecule is CC(=O)OC1N(C(C)=O)c2ccccc2C1(C)C. The summed E-state index contributed by atoms with van der Waals surface area (Å²) in [6.45, 7) is 6.79. The molecule has 4 nitrogen and oxygen atoms in total. The Kier molecular flexibility index (Phi) is 2.89. The summed E-state index contributed by atoms with van der Waals surface area (Å²) in [6.07, 6.45) is -0.579. The van der Waals surface area contributed by atoms with Gasteiger partial charge in [-0.3, -0.25) is 14.5 Å². The van der Waals surface area contributed by atoms with Crippen molar-refractivity contribution < 1.29 is 14.3 Å². The first-order valence-corrected chi connectivity index (χ1v) is 5.92. The molecule has 18 heavy (non-hydrogen) atoms. The maximum Gasteiger partial charge on any atom is 0.304 e. The molecule has 0 spiro atoms. The molecule has 96 valence electrons. The zero-order chi connectivity index (χ0) is 13.5. The Morgan fingerprint density at radius 3 is 2.39 bits per heavy atom. The number of hydrogen-bond acceptors (Lipinski definition) is 3. The van der Waals surface area contributed by atoms with Crippen LogP contribution in [0.25, 0.3) is 0 Å². The number of anilines is 1. The van der Waals surface area contributed by atoms with E-state index in [0.29, 0.717) is 0 Å². The third-order valence-corrected chi connectivity index (χ3v) is 3.33. The molecule has 1 heterocycles. The van der Waals surface area contributed by atoms with Crippen LogP contribution in [-0.4, -0.2) is 18.1 Å². The van der Waals surface area contributed by atoms with Crippen LogP contribution in [0.1, 0.15) is 33.3 Å². The van der Waals surface area contributed by atoms with Crippen LogP contribution >= 0.6 is 0 Å². The van der Waals surface area contributed by atoms with Crippen molar-refractivity contribution in [1.82, 2.24) is 0 Å². The summed E-state index contributed by atoms with van der Waals surface area (Å²) in [4.78, 5) is 24.6. The lowest BCUT2D eigenvalue weighted by atomic mass is 9.85. The highest BCUT2D eigenvalue weighted by Crippen LogP contribution is 2.45. The summed E-state index contributed by atoms with van der Waals surface area (Å²) in [5.74, 6) is -0.508. The minimum Gasteiger partial charge on any atom is -0.440 e. The molecule has 0 saturated carbocycles. The fourth-order valence-corrected chi connectivity index (χ4v) is 2.50. The number of rotatable bonds is 1. The van der Waals surface area contributed by atoms with Crippen LogP contribution in [0.4, 0.5) is 5.69 Å². The second-order valence-corrected chi connectivity index (χ2v) is 5.09. The molecule has 2 rings (SSSR count). The predicted octanol–water partition coefficient (Wildman–Crippen LogP) is 2.22. The van der Waals surface area contributed by atoms with Gasteiger partial charge in [0.2, 0.25) is 5.91 Å². The number of esters is 1. The summed E-state index contributed by atoms with van der Waals surface area (Å²) in [5.41, 5.74) is 1.43. The van der Waals surface area contributed by atoms with Crippen molar-refractivity contribution in [3.05, 3.63) is 29.8 Å². The van der Waals surface area contributed by atoms with Gasteiger partial charge in [-0.2, -0.15) is 0 Å². The Bertz CT molecular complexity index is 508. The average molecular weight is 247 g/mol. The molecule has 1 aromatic carbocycles. The number of carbonyl (C=O) groups excluding carboxylic acids is 2. The second kappa shape index (κ2) is 4.12. The van der Waals surface area contributed by atoms with E-state index < -0.39 is 11.6 Å². The van der Waals surface area contributed by atoms with Gasteiger partial charge >= 0.3 is 5.97 Å². The highest BCUT2D eigenvalue weighted by atomic mass is 16.6. The summed E-state index contributed by atoms with van der Waals surface area (Å²) in [6, 6.07) is 7.65. The number of carbonyl (C=O) groups is 2. The average Bonchev–Trinajstić information content (AvgIpc) is 2.48. The number of nitrogens with zero attached hydrogens (tertiary/aromatic N) is 1. The molecule has 0 saturated heterocycles. The van der Waals surface area contributed by atoms with Gasteiger partial charge in [0.15, 0.2) is 6.23 Å². The van der Waals surface area contributed by atoms with Gasteiger partial charge in [0.25, 0.3) is 0 Å². The van der Waals surface area contributed by atoms with E-state index in [1.165, 1.54) is 13.8 Å². The Hall–Kier alpha value is -1.84. The minimum atomic E-state index is -0.579. The van der Waals surface area contributed by atoms with Crippen LogP contribution in [0.2, 0.25) is 0 Å². The molecule has 4 heteroatoms. The lowest BCUT2D eigenvalue weighted by Gasteiger charge is -2.31. The molecule has 0 aliphatic carbocycles. The van der Waals surface area contributed by atoms with Gasteiger partial charge in [0.05, 0.1) is 5.69 Å². The van der Waals surface area contributed by atoms with Gasteiger partial charge in [0, 0.05) is 19.3 Å². The van der Waals surface area contributed by atoms with Crippen molar-refractivity contribution >= 4 is 17.6 Å². The number of hydrogen-bond donors (Lipinski definition) is 0. The maximum atomic E-state index is 11.8. The standard InChI is InChI=1S/C14H17NO3/c1-9(16)15-12-8-6-5-7-11(12)14(3,4)13(15)18-10(2)17/h5-8,13H,1-4H3. The maximum absolute atomic E-state index is 11.8. The van der Waals surface area contributed by atoms with Crippen molar-refractivity contribution in [1.29, 1.82) is 0 Å². The lowest BCUT2D eigenvalue weighted by Crippen LogP contribution is -2.46. The molecular weight excluding hydrogens is 230 g/mol. The van der Waals surface area contributed by atoms with E-state index in [-0.39, 0.29) is 11.9 Å². The summed E-state index contributed by atoms with van der Waals surface area (Å²) < 4.78 is 5.35. The molecule has 1 aliphatic heterocycles. The Morgan fingerprint density at radius 1 is 1.22 bits per heavy atom. The molecule has 1 unspecified atom stereocenters. The quantitative estimate of drug-likeness (QED) is 0.715. The zero-order valence-electron chi connectivity index (χ0n) is 11.1. The van der Waals surface area contributed by atoms with Crippen molar-refractivity contribution in [2.24, 2.45) is 0 Å². The first kappa shape index (κ1) is 12.6. The van der Waals surface area contributed by atoms with Gasteiger partial charge in [-0.05, 0) is 11.6 Å². The molecule has 0 radical (unpaired) electrons.